The van der Waals surface area contributed by atoms with Gasteiger partial charge in [-0.2, -0.15) is 5.01 Å². The molecule has 1 aromatic rings. The lowest BCUT2D eigenvalue weighted by Gasteiger charge is -2.34. The van der Waals surface area contributed by atoms with Crippen LogP contribution >= 0.6 is 15.9 Å². The molecule has 4 nitrogen and oxygen atoms in total. The molecule has 3 rings (SSSR count). The molecule has 2 heterocycles. The second-order valence-corrected chi connectivity index (χ2v) is 6.05. The fourth-order valence-corrected chi connectivity index (χ4v) is 3.19. The molecule has 0 N–H and O–H groups in total. The van der Waals surface area contributed by atoms with Crippen LogP contribution in [0.5, 0.6) is 0 Å². The number of benzene rings is 1. The monoisotopic (exact) mass is 322 g/mol. The second-order valence-electron chi connectivity index (χ2n) is 5.14. The summed E-state index contributed by atoms with van der Waals surface area (Å²) in [6.45, 7) is 2.80. The summed E-state index contributed by atoms with van der Waals surface area (Å²) < 4.78 is 1.02. The van der Waals surface area contributed by atoms with Crippen molar-refractivity contribution in [2.24, 2.45) is 0 Å². The first-order chi connectivity index (χ1) is 9.08. The van der Waals surface area contributed by atoms with Crippen LogP contribution in [-0.4, -0.2) is 23.4 Å². The lowest BCUT2D eigenvalue weighted by Crippen LogP contribution is -2.51. The van der Waals surface area contributed by atoms with Crippen molar-refractivity contribution in [1.82, 2.24) is 5.01 Å². The summed E-state index contributed by atoms with van der Waals surface area (Å²) in [6.07, 6.45) is 1.59. The Hall–Kier alpha value is -1.36. The highest BCUT2D eigenvalue weighted by Crippen LogP contribution is 2.39. The van der Waals surface area contributed by atoms with Crippen molar-refractivity contribution < 1.29 is 9.59 Å². The van der Waals surface area contributed by atoms with Gasteiger partial charge < -0.3 is 0 Å². The van der Waals surface area contributed by atoms with Crippen molar-refractivity contribution >= 4 is 33.4 Å². The van der Waals surface area contributed by atoms with Crippen LogP contribution in [0, 0.1) is 0 Å². The van der Waals surface area contributed by atoms with E-state index in [4.69, 9.17) is 0 Å². The first kappa shape index (κ1) is 12.7. The molecule has 5 heteroatoms. The number of hydrazine groups is 1. The molecule has 0 aliphatic carbocycles. The summed E-state index contributed by atoms with van der Waals surface area (Å²) in [6, 6.07) is 5.99. The Morgan fingerprint density at radius 3 is 2.58 bits per heavy atom. The van der Waals surface area contributed by atoms with Crippen molar-refractivity contribution in [1.29, 1.82) is 0 Å². The molecule has 1 aromatic carbocycles. The SMILES string of the molecule is CC1CN(N2C(=O)CCCC2=O)c2ccc(Br)cc21. The van der Waals surface area contributed by atoms with Crippen molar-refractivity contribution in [3.05, 3.63) is 28.2 Å². The fraction of sp³-hybridized carbons (Fsp3) is 0.429. The first-order valence-electron chi connectivity index (χ1n) is 6.50. The van der Waals surface area contributed by atoms with Crippen LogP contribution in [0.25, 0.3) is 0 Å². The van der Waals surface area contributed by atoms with E-state index in [0.717, 1.165) is 10.2 Å². The predicted octanol–water partition coefficient (Wildman–Crippen LogP) is 2.83. The van der Waals surface area contributed by atoms with Gasteiger partial charge in [0.15, 0.2) is 0 Å². The molecule has 100 valence electrons. The molecule has 2 aliphatic rings. The largest absolute Gasteiger partial charge is 0.275 e. The number of anilines is 1. The Kier molecular flexibility index (Phi) is 3.09. The summed E-state index contributed by atoms with van der Waals surface area (Å²) in [5, 5.41) is 3.19. The first-order valence-corrected chi connectivity index (χ1v) is 7.30. The highest BCUT2D eigenvalue weighted by Gasteiger charge is 2.37. The Labute approximate surface area is 120 Å². The van der Waals surface area contributed by atoms with Gasteiger partial charge in [-0.1, -0.05) is 22.9 Å². The van der Waals surface area contributed by atoms with E-state index >= 15 is 0 Å². The zero-order valence-electron chi connectivity index (χ0n) is 10.7. The molecular formula is C14H15BrN2O2. The normalized spacial score (nSPS) is 22.9. The number of hydrogen-bond acceptors (Lipinski definition) is 3. The summed E-state index contributed by atoms with van der Waals surface area (Å²) in [5.41, 5.74) is 2.15. The van der Waals surface area contributed by atoms with Crippen LogP contribution in [0.3, 0.4) is 0 Å². The molecule has 0 radical (unpaired) electrons. The van der Waals surface area contributed by atoms with Gasteiger partial charge in [-0.05, 0) is 30.2 Å². The van der Waals surface area contributed by atoms with E-state index < -0.39 is 0 Å². The van der Waals surface area contributed by atoms with Crippen LogP contribution < -0.4 is 5.01 Å². The van der Waals surface area contributed by atoms with Gasteiger partial charge in [0.05, 0.1) is 5.69 Å². The van der Waals surface area contributed by atoms with E-state index in [1.807, 2.05) is 17.1 Å². The van der Waals surface area contributed by atoms with Gasteiger partial charge in [0, 0.05) is 29.8 Å². The average Bonchev–Trinajstić information content (AvgIpc) is 2.66. The number of nitrogens with zero attached hydrogens (tertiary/aromatic N) is 2. The molecule has 2 aliphatic heterocycles. The average molecular weight is 323 g/mol. The van der Waals surface area contributed by atoms with E-state index in [1.54, 1.807) is 0 Å². The lowest BCUT2D eigenvalue weighted by molar-refractivity contribution is -0.148. The summed E-state index contributed by atoms with van der Waals surface area (Å²) in [5.74, 6) is 0.147. The summed E-state index contributed by atoms with van der Waals surface area (Å²) >= 11 is 3.47. The number of imide groups is 1. The Morgan fingerprint density at radius 2 is 1.89 bits per heavy atom. The van der Waals surface area contributed by atoms with E-state index in [0.29, 0.717) is 31.7 Å². The molecule has 1 atom stereocenters. The van der Waals surface area contributed by atoms with Crippen molar-refractivity contribution in [3.63, 3.8) is 0 Å². The van der Waals surface area contributed by atoms with Crippen LogP contribution in [0.1, 0.15) is 37.7 Å². The minimum atomic E-state index is -0.0841. The molecule has 0 saturated carbocycles. The minimum absolute atomic E-state index is 0.0841. The third-order valence-corrected chi connectivity index (χ3v) is 4.23. The quantitative estimate of drug-likeness (QED) is 0.746. The Morgan fingerprint density at radius 1 is 1.21 bits per heavy atom. The van der Waals surface area contributed by atoms with Gasteiger partial charge in [0.2, 0.25) is 11.8 Å². The number of halogens is 1. The maximum absolute atomic E-state index is 12.0. The molecule has 1 unspecified atom stereocenters. The second kappa shape index (κ2) is 4.63. The fourth-order valence-electron chi connectivity index (χ4n) is 2.81. The van der Waals surface area contributed by atoms with Crippen LogP contribution in [0.15, 0.2) is 22.7 Å². The van der Waals surface area contributed by atoms with E-state index in [1.165, 1.54) is 10.6 Å². The highest BCUT2D eigenvalue weighted by atomic mass is 79.9. The van der Waals surface area contributed by atoms with Gasteiger partial charge >= 0.3 is 0 Å². The van der Waals surface area contributed by atoms with E-state index in [9.17, 15) is 9.59 Å². The molecular weight excluding hydrogens is 308 g/mol. The maximum atomic E-state index is 12.0. The topological polar surface area (TPSA) is 40.6 Å². The maximum Gasteiger partial charge on any atom is 0.248 e. The van der Waals surface area contributed by atoms with Crippen LogP contribution in [0.4, 0.5) is 5.69 Å². The van der Waals surface area contributed by atoms with Crippen LogP contribution in [-0.2, 0) is 9.59 Å². The van der Waals surface area contributed by atoms with Gasteiger partial charge in [0.1, 0.15) is 0 Å². The number of rotatable bonds is 1. The Bertz CT molecular complexity index is 542. The zero-order valence-corrected chi connectivity index (χ0v) is 12.3. The smallest absolute Gasteiger partial charge is 0.248 e. The number of carbonyl (C=O) groups excluding carboxylic acids is 2. The minimum Gasteiger partial charge on any atom is -0.275 e. The summed E-state index contributed by atoms with van der Waals surface area (Å²) in [4.78, 5) is 24.1. The third kappa shape index (κ3) is 2.06. The molecule has 19 heavy (non-hydrogen) atoms. The van der Waals surface area contributed by atoms with Crippen molar-refractivity contribution in [2.75, 3.05) is 11.6 Å². The van der Waals surface area contributed by atoms with Gasteiger partial charge in [-0.25, -0.2) is 0 Å². The zero-order chi connectivity index (χ0) is 13.6. The predicted molar refractivity (Wildman–Crippen MR) is 75.6 cm³/mol. The number of piperidine rings is 1. The standard InChI is InChI=1S/C14H15BrN2O2/c1-9-8-16(12-6-5-10(15)7-11(9)12)17-13(18)3-2-4-14(17)19/h5-7,9H,2-4,8H2,1H3. The number of carbonyl (C=O) groups is 2. The molecule has 1 saturated heterocycles. The third-order valence-electron chi connectivity index (χ3n) is 3.74. The lowest BCUT2D eigenvalue weighted by atomic mass is 10.0. The molecule has 2 amide bonds. The Balaban J connectivity index is 2.00. The van der Waals surface area contributed by atoms with Crippen molar-refractivity contribution in [2.45, 2.75) is 32.1 Å². The van der Waals surface area contributed by atoms with Crippen molar-refractivity contribution in [3.8, 4) is 0 Å². The van der Waals surface area contributed by atoms with E-state index in [-0.39, 0.29) is 11.8 Å². The molecule has 1 fully saturated rings. The van der Waals surface area contributed by atoms with Gasteiger partial charge in [-0.15, -0.1) is 0 Å². The number of fused-ring (bicyclic) bond motifs is 1. The number of hydrogen-bond donors (Lipinski definition) is 0. The van der Waals surface area contributed by atoms with Gasteiger partial charge in [0.25, 0.3) is 0 Å². The highest BCUT2D eigenvalue weighted by molar-refractivity contribution is 9.10. The van der Waals surface area contributed by atoms with Gasteiger partial charge in [-0.3, -0.25) is 14.6 Å². The molecule has 0 spiro atoms. The molecule has 0 bridgehead atoms. The molecule has 0 aromatic heterocycles. The number of amides is 2. The summed E-state index contributed by atoms with van der Waals surface area (Å²) in [7, 11) is 0. The van der Waals surface area contributed by atoms with E-state index in [2.05, 4.69) is 28.9 Å². The van der Waals surface area contributed by atoms with Crippen LogP contribution in [0.2, 0.25) is 0 Å².